The number of benzene rings is 2. The van der Waals surface area contributed by atoms with Crippen molar-refractivity contribution in [3.63, 3.8) is 0 Å². The van der Waals surface area contributed by atoms with Crippen molar-refractivity contribution in [3.05, 3.63) is 98.5 Å². The Morgan fingerprint density at radius 2 is 1.55 bits per heavy atom. The van der Waals surface area contributed by atoms with E-state index in [1.165, 1.54) is 12.1 Å². The van der Waals surface area contributed by atoms with Gasteiger partial charge in [-0.15, -0.1) is 6.58 Å². The summed E-state index contributed by atoms with van der Waals surface area (Å²) in [6.07, 6.45) is 4.20. The van der Waals surface area contributed by atoms with Gasteiger partial charge in [0.1, 0.15) is 18.1 Å². The van der Waals surface area contributed by atoms with Crippen LogP contribution in [0.1, 0.15) is 76.0 Å². The fourth-order valence-electron chi connectivity index (χ4n) is 6.35. The van der Waals surface area contributed by atoms with Crippen LogP contribution in [0, 0.1) is 20.9 Å². The molecule has 0 saturated carbocycles. The molecule has 2 aromatic rings. The molecular formula is C34H37NO7. The maximum Gasteiger partial charge on any atom is 0.269 e. The summed E-state index contributed by atoms with van der Waals surface area (Å²) in [5.41, 5.74) is 2.98. The molecule has 3 aliphatic rings. The summed E-state index contributed by atoms with van der Waals surface area (Å²) in [4.78, 5) is 38.0. The summed E-state index contributed by atoms with van der Waals surface area (Å²) in [5, 5.41) is 11.0. The van der Waals surface area contributed by atoms with E-state index in [-0.39, 0.29) is 34.7 Å². The highest BCUT2D eigenvalue weighted by Crippen LogP contribution is 2.54. The molecule has 42 heavy (non-hydrogen) atoms. The van der Waals surface area contributed by atoms with Gasteiger partial charge in [0.15, 0.2) is 23.1 Å². The van der Waals surface area contributed by atoms with E-state index in [1.807, 2.05) is 12.1 Å². The molecule has 5 rings (SSSR count). The molecule has 0 atom stereocenters. The van der Waals surface area contributed by atoms with Crippen molar-refractivity contribution in [1.29, 1.82) is 0 Å². The van der Waals surface area contributed by atoms with Crippen LogP contribution in [0.25, 0.3) is 0 Å². The molecule has 2 aromatic carbocycles. The summed E-state index contributed by atoms with van der Waals surface area (Å²) in [5.74, 6) is 1.74. The number of nitrogens with zero attached hydrogens (tertiary/aromatic N) is 1. The molecule has 0 N–H and O–H groups in total. The molecule has 0 fully saturated rings. The SMILES string of the molecule is C=CCc1cc(C2C3=C(CC(C)(C)CC3=O)OC3=C2C(=O)CC(C)(C)C3)cc(OC)c1OCc1ccc([N+](=O)[O-])cc1. The zero-order chi connectivity index (χ0) is 30.4. The largest absolute Gasteiger partial charge is 0.493 e. The summed E-state index contributed by atoms with van der Waals surface area (Å²) < 4.78 is 18.5. The van der Waals surface area contributed by atoms with E-state index >= 15 is 0 Å². The van der Waals surface area contributed by atoms with Crippen LogP contribution in [-0.4, -0.2) is 23.6 Å². The molecule has 8 nitrogen and oxygen atoms in total. The van der Waals surface area contributed by atoms with Gasteiger partial charge in [0.2, 0.25) is 0 Å². The molecule has 0 spiro atoms. The molecule has 0 unspecified atom stereocenters. The molecule has 1 heterocycles. The third-order valence-corrected chi connectivity index (χ3v) is 8.18. The van der Waals surface area contributed by atoms with E-state index in [1.54, 1.807) is 25.3 Å². The van der Waals surface area contributed by atoms with Gasteiger partial charge in [0.05, 0.1) is 12.0 Å². The topological polar surface area (TPSA) is 105 Å². The predicted octanol–water partition coefficient (Wildman–Crippen LogP) is 7.31. The second-order valence-electron chi connectivity index (χ2n) is 13.0. The number of Topliss-reactive ketones (excluding diaryl/α,β-unsaturated/α-hetero) is 2. The Bertz CT molecular complexity index is 1490. The standard InChI is InChI=1S/C34H37NO7/c1-7-8-21-13-22(14-26(40-6)32(21)41-19-20-9-11-23(12-10-20)35(38)39)29-30-24(36)15-33(2,3)17-27(30)42-28-18-34(4,5)16-25(37)31(28)29/h7,9-14,29H,1,8,15-19H2,2-6H3. The molecule has 0 aromatic heterocycles. The number of nitro benzene ring substituents is 1. The van der Waals surface area contributed by atoms with Gasteiger partial charge >= 0.3 is 0 Å². The molecule has 0 radical (unpaired) electrons. The van der Waals surface area contributed by atoms with E-state index in [0.29, 0.717) is 66.3 Å². The van der Waals surface area contributed by atoms with Crippen molar-refractivity contribution < 1.29 is 28.7 Å². The van der Waals surface area contributed by atoms with Crippen LogP contribution in [0.15, 0.2) is 71.7 Å². The van der Waals surface area contributed by atoms with Gasteiger partial charge in [0.25, 0.3) is 5.69 Å². The smallest absolute Gasteiger partial charge is 0.269 e. The lowest BCUT2D eigenvalue weighted by Crippen LogP contribution is -2.37. The molecule has 220 valence electrons. The Balaban J connectivity index is 1.60. The summed E-state index contributed by atoms with van der Waals surface area (Å²) >= 11 is 0. The van der Waals surface area contributed by atoms with Crippen LogP contribution < -0.4 is 9.47 Å². The minimum absolute atomic E-state index is 0.00170. The third-order valence-electron chi connectivity index (χ3n) is 8.18. The Kier molecular flexibility index (Phi) is 7.60. The van der Waals surface area contributed by atoms with Gasteiger partial charge < -0.3 is 14.2 Å². The van der Waals surface area contributed by atoms with Crippen molar-refractivity contribution in [2.45, 2.75) is 72.3 Å². The highest BCUT2D eigenvalue weighted by atomic mass is 16.6. The lowest BCUT2D eigenvalue weighted by Gasteiger charge is -2.42. The Labute approximate surface area is 246 Å². The van der Waals surface area contributed by atoms with Crippen molar-refractivity contribution in [3.8, 4) is 11.5 Å². The first-order chi connectivity index (χ1) is 19.8. The average Bonchev–Trinajstić information content (AvgIpc) is 2.89. The maximum absolute atomic E-state index is 13.7. The van der Waals surface area contributed by atoms with Crippen molar-refractivity contribution in [1.82, 2.24) is 0 Å². The minimum atomic E-state index is -0.558. The Morgan fingerprint density at radius 3 is 2.05 bits per heavy atom. The number of carbonyl (C=O) groups excluding carboxylic acids is 2. The van der Waals surface area contributed by atoms with Crippen molar-refractivity contribution in [2.75, 3.05) is 7.11 Å². The monoisotopic (exact) mass is 571 g/mol. The number of hydrogen-bond acceptors (Lipinski definition) is 7. The molecule has 0 saturated heterocycles. The van der Waals surface area contributed by atoms with E-state index in [0.717, 1.165) is 16.7 Å². The zero-order valence-electron chi connectivity index (χ0n) is 24.9. The van der Waals surface area contributed by atoms with Crippen LogP contribution in [0.4, 0.5) is 5.69 Å². The first-order valence-corrected chi connectivity index (χ1v) is 14.2. The minimum Gasteiger partial charge on any atom is -0.493 e. The van der Waals surface area contributed by atoms with Gasteiger partial charge in [-0.05, 0) is 46.6 Å². The average molecular weight is 572 g/mol. The number of ketones is 2. The first-order valence-electron chi connectivity index (χ1n) is 14.2. The number of rotatable bonds is 8. The second kappa shape index (κ2) is 10.9. The van der Waals surface area contributed by atoms with E-state index in [4.69, 9.17) is 14.2 Å². The fraction of sp³-hybridized carbons (Fsp3) is 0.412. The molecule has 1 aliphatic heterocycles. The van der Waals surface area contributed by atoms with E-state index in [2.05, 4.69) is 34.3 Å². The zero-order valence-corrected chi connectivity index (χ0v) is 24.9. The Morgan fingerprint density at radius 1 is 0.976 bits per heavy atom. The molecule has 8 heteroatoms. The van der Waals surface area contributed by atoms with Crippen LogP contribution >= 0.6 is 0 Å². The van der Waals surface area contributed by atoms with Gasteiger partial charge in [-0.25, -0.2) is 0 Å². The van der Waals surface area contributed by atoms with Crippen molar-refractivity contribution in [2.24, 2.45) is 10.8 Å². The number of hydrogen-bond donors (Lipinski definition) is 0. The number of carbonyl (C=O) groups is 2. The Hall–Kier alpha value is -4.20. The quantitative estimate of drug-likeness (QED) is 0.186. The summed E-state index contributed by atoms with van der Waals surface area (Å²) in [6.45, 7) is 12.3. The second-order valence-corrected chi connectivity index (χ2v) is 13.0. The lowest BCUT2D eigenvalue weighted by molar-refractivity contribution is -0.384. The highest BCUT2D eigenvalue weighted by molar-refractivity contribution is 6.06. The molecular weight excluding hydrogens is 534 g/mol. The number of allylic oxidation sites excluding steroid dienone is 5. The van der Waals surface area contributed by atoms with Gasteiger partial charge in [0, 0.05) is 60.4 Å². The van der Waals surface area contributed by atoms with E-state index < -0.39 is 10.8 Å². The predicted molar refractivity (Wildman–Crippen MR) is 158 cm³/mol. The van der Waals surface area contributed by atoms with Gasteiger partial charge in [-0.3, -0.25) is 19.7 Å². The van der Waals surface area contributed by atoms with Crippen LogP contribution in [-0.2, 0) is 27.4 Å². The normalized spacial score (nSPS) is 19.5. The number of non-ortho nitro benzene ring substituents is 1. The highest BCUT2D eigenvalue weighted by Gasteiger charge is 2.48. The number of methoxy groups -OCH3 is 1. The fourth-order valence-corrected chi connectivity index (χ4v) is 6.35. The lowest BCUT2D eigenvalue weighted by atomic mass is 9.65. The van der Waals surface area contributed by atoms with Crippen LogP contribution in [0.5, 0.6) is 11.5 Å². The van der Waals surface area contributed by atoms with Gasteiger partial charge in [-0.2, -0.15) is 0 Å². The van der Waals surface area contributed by atoms with Gasteiger partial charge in [-0.1, -0.05) is 39.8 Å². The number of nitro groups is 1. The maximum atomic E-state index is 13.7. The van der Waals surface area contributed by atoms with Crippen LogP contribution in [0.2, 0.25) is 0 Å². The third kappa shape index (κ3) is 5.62. The van der Waals surface area contributed by atoms with E-state index in [9.17, 15) is 19.7 Å². The van der Waals surface area contributed by atoms with Crippen molar-refractivity contribution >= 4 is 17.3 Å². The summed E-state index contributed by atoms with van der Waals surface area (Å²) in [6, 6.07) is 10.0. The molecule has 2 aliphatic carbocycles. The molecule has 0 amide bonds. The van der Waals surface area contributed by atoms with Crippen LogP contribution in [0.3, 0.4) is 0 Å². The summed E-state index contributed by atoms with van der Waals surface area (Å²) in [7, 11) is 1.55. The first kappa shape index (κ1) is 29.3. The number of ether oxygens (including phenoxy) is 3. The molecule has 0 bridgehead atoms.